The van der Waals surface area contributed by atoms with Crippen molar-refractivity contribution in [3.63, 3.8) is 0 Å². The van der Waals surface area contributed by atoms with Gasteiger partial charge in [-0.2, -0.15) is 4.98 Å². The summed E-state index contributed by atoms with van der Waals surface area (Å²) in [5.41, 5.74) is 12.0. The normalized spacial score (nSPS) is 11.2. The number of nitrogen functional groups attached to an aromatic ring is 1. The Kier molecular flexibility index (Phi) is 6.23. The van der Waals surface area contributed by atoms with Crippen LogP contribution in [0.3, 0.4) is 0 Å². The summed E-state index contributed by atoms with van der Waals surface area (Å²) in [7, 11) is 0. The van der Waals surface area contributed by atoms with E-state index in [1.165, 1.54) is 5.56 Å². The van der Waals surface area contributed by atoms with Crippen LogP contribution in [0.1, 0.15) is 22.3 Å². The van der Waals surface area contributed by atoms with Gasteiger partial charge in [0.2, 0.25) is 5.95 Å². The van der Waals surface area contributed by atoms with E-state index in [9.17, 15) is 0 Å². The van der Waals surface area contributed by atoms with E-state index in [1.54, 1.807) is 18.1 Å². The fourth-order valence-electron chi connectivity index (χ4n) is 3.11. The van der Waals surface area contributed by atoms with Crippen molar-refractivity contribution in [3.05, 3.63) is 77.1 Å². The molecule has 0 fully saturated rings. The first-order valence-corrected chi connectivity index (χ1v) is 11.1. The predicted octanol–water partition coefficient (Wildman–Crippen LogP) is 5.23. The van der Waals surface area contributed by atoms with Gasteiger partial charge >= 0.3 is 0 Å². The minimum Gasteiger partial charge on any atom is -0.368 e. The molecule has 0 atom stereocenters. The average molecular weight is 444 g/mol. The summed E-state index contributed by atoms with van der Waals surface area (Å²) in [6.45, 7) is 0.638. The van der Waals surface area contributed by atoms with Gasteiger partial charge in [0.25, 0.3) is 0 Å². The highest BCUT2D eigenvalue weighted by molar-refractivity contribution is 7.98. The molecule has 0 amide bonds. The molecule has 29 heavy (non-hydrogen) atoms. The first-order valence-electron chi connectivity index (χ1n) is 9.05. The lowest BCUT2D eigenvalue weighted by Gasteiger charge is -2.07. The number of nitrogens with two attached hydrogens (primary N) is 1. The maximum Gasteiger partial charge on any atom is 0.223 e. The standard InChI is InChI=1S/C21H19Cl2N5S/c22-9-14-3-1-5-16(7-14)11-28-13-25-18-19(28)26-21(24)27-20(18)29-12-17-6-2-4-15(8-17)10-23/h1-8,13H,9-12H2,(H2,24,26,27). The Morgan fingerprint density at radius 2 is 1.55 bits per heavy atom. The molecule has 5 nitrogen and oxygen atoms in total. The third-order valence-corrected chi connectivity index (χ3v) is 6.12. The Hall–Kier alpha value is -2.28. The van der Waals surface area contributed by atoms with E-state index in [1.807, 2.05) is 28.8 Å². The SMILES string of the molecule is Nc1nc(SCc2cccc(CCl)c2)c2ncn(Cc3cccc(CCl)c3)c2n1. The molecule has 0 saturated carbocycles. The lowest BCUT2D eigenvalue weighted by molar-refractivity contribution is 0.812. The molecule has 4 rings (SSSR count). The lowest BCUT2D eigenvalue weighted by Crippen LogP contribution is -2.03. The van der Waals surface area contributed by atoms with Gasteiger partial charge in [-0.3, -0.25) is 0 Å². The number of rotatable bonds is 7. The van der Waals surface area contributed by atoms with Crippen molar-refractivity contribution in [1.82, 2.24) is 19.5 Å². The minimum absolute atomic E-state index is 0.241. The second-order valence-electron chi connectivity index (χ2n) is 6.63. The fraction of sp³-hybridized carbons (Fsp3) is 0.190. The highest BCUT2D eigenvalue weighted by atomic mass is 35.5. The third-order valence-electron chi connectivity index (χ3n) is 4.47. The molecule has 2 aromatic heterocycles. The number of aromatic nitrogens is 4. The smallest absolute Gasteiger partial charge is 0.223 e. The molecule has 0 saturated heterocycles. The summed E-state index contributed by atoms with van der Waals surface area (Å²) in [6.07, 6.45) is 1.78. The Balaban J connectivity index is 1.60. The topological polar surface area (TPSA) is 69.6 Å². The third kappa shape index (κ3) is 4.66. The van der Waals surface area contributed by atoms with Crippen LogP contribution in [0.5, 0.6) is 0 Å². The van der Waals surface area contributed by atoms with Gasteiger partial charge in [-0.1, -0.05) is 60.3 Å². The van der Waals surface area contributed by atoms with Gasteiger partial charge in [-0.25, -0.2) is 9.97 Å². The van der Waals surface area contributed by atoms with Gasteiger partial charge in [0.1, 0.15) is 10.5 Å². The van der Waals surface area contributed by atoms with E-state index in [0.717, 1.165) is 38.6 Å². The summed E-state index contributed by atoms with van der Waals surface area (Å²) in [6, 6.07) is 16.4. The maximum atomic E-state index is 5.99. The molecule has 0 aliphatic rings. The zero-order valence-corrected chi connectivity index (χ0v) is 17.9. The second-order valence-corrected chi connectivity index (χ2v) is 8.13. The van der Waals surface area contributed by atoms with Gasteiger partial charge < -0.3 is 10.3 Å². The number of anilines is 1. The molecule has 2 heterocycles. The molecular formula is C21H19Cl2N5S. The highest BCUT2D eigenvalue weighted by Crippen LogP contribution is 2.28. The van der Waals surface area contributed by atoms with Crippen LogP contribution in [0.2, 0.25) is 0 Å². The summed E-state index contributed by atoms with van der Waals surface area (Å²) in [5.74, 6) is 1.98. The van der Waals surface area contributed by atoms with Crippen LogP contribution in [0.25, 0.3) is 11.2 Å². The fourth-order valence-corrected chi connectivity index (χ4v) is 4.37. The van der Waals surface area contributed by atoms with Gasteiger partial charge in [0.15, 0.2) is 5.65 Å². The number of hydrogen-bond acceptors (Lipinski definition) is 5. The summed E-state index contributed by atoms with van der Waals surface area (Å²) >= 11 is 13.5. The minimum atomic E-state index is 0.241. The summed E-state index contributed by atoms with van der Waals surface area (Å²) in [4.78, 5) is 13.4. The maximum absolute atomic E-state index is 5.99. The average Bonchev–Trinajstić information content (AvgIpc) is 3.14. The number of hydrogen-bond donors (Lipinski definition) is 1. The zero-order chi connectivity index (χ0) is 20.2. The molecule has 0 bridgehead atoms. The molecule has 148 valence electrons. The van der Waals surface area contributed by atoms with Crippen molar-refractivity contribution in [2.45, 2.75) is 29.1 Å². The van der Waals surface area contributed by atoms with Gasteiger partial charge in [-0.15, -0.1) is 23.2 Å². The van der Waals surface area contributed by atoms with E-state index >= 15 is 0 Å². The van der Waals surface area contributed by atoms with Crippen LogP contribution >= 0.6 is 35.0 Å². The van der Waals surface area contributed by atoms with Crippen LogP contribution < -0.4 is 5.73 Å². The molecule has 4 aromatic rings. The zero-order valence-electron chi connectivity index (χ0n) is 15.6. The van der Waals surface area contributed by atoms with Crippen LogP contribution in [-0.4, -0.2) is 19.5 Å². The Morgan fingerprint density at radius 1 is 0.897 bits per heavy atom. The Morgan fingerprint density at radius 3 is 2.28 bits per heavy atom. The van der Waals surface area contributed by atoms with E-state index in [2.05, 4.69) is 39.2 Å². The monoisotopic (exact) mass is 443 g/mol. The van der Waals surface area contributed by atoms with Crippen molar-refractivity contribution < 1.29 is 0 Å². The number of halogens is 2. The van der Waals surface area contributed by atoms with E-state index in [-0.39, 0.29) is 5.95 Å². The molecule has 0 unspecified atom stereocenters. The molecule has 2 aromatic carbocycles. The van der Waals surface area contributed by atoms with Gasteiger partial charge in [-0.05, 0) is 22.3 Å². The molecule has 2 N–H and O–H groups in total. The van der Waals surface area contributed by atoms with Crippen molar-refractivity contribution in [1.29, 1.82) is 0 Å². The molecule has 8 heteroatoms. The van der Waals surface area contributed by atoms with Gasteiger partial charge in [0.05, 0.1) is 12.9 Å². The Labute approximate surface area is 183 Å². The largest absolute Gasteiger partial charge is 0.368 e. The quantitative estimate of drug-likeness (QED) is 0.240. The van der Waals surface area contributed by atoms with E-state index in [4.69, 9.17) is 28.9 Å². The van der Waals surface area contributed by atoms with E-state index < -0.39 is 0 Å². The van der Waals surface area contributed by atoms with Crippen molar-refractivity contribution >= 4 is 52.1 Å². The first kappa shape index (κ1) is 20.0. The first-order chi connectivity index (χ1) is 14.2. The highest BCUT2D eigenvalue weighted by Gasteiger charge is 2.13. The van der Waals surface area contributed by atoms with Crippen LogP contribution in [0.15, 0.2) is 59.9 Å². The number of alkyl halides is 2. The number of imidazole rings is 1. The number of benzene rings is 2. The van der Waals surface area contributed by atoms with Crippen LogP contribution in [0.4, 0.5) is 5.95 Å². The molecule has 0 aliphatic carbocycles. The molecule has 0 radical (unpaired) electrons. The lowest BCUT2D eigenvalue weighted by atomic mass is 10.1. The molecule has 0 spiro atoms. The molecule has 0 aliphatic heterocycles. The second kappa shape index (κ2) is 9.03. The summed E-state index contributed by atoms with van der Waals surface area (Å²) in [5, 5.41) is 0.775. The number of thioether (sulfide) groups is 1. The number of fused-ring (bicyclic) bond motifs is 1. The van der Waals surface area contributed by atoms with Gasteiger partial charge in [0, 0.05) is 17.5 Å². The van der Waals surface area contributed by atoms with Crippen molar-refractivity contribution in [3.8, 4) is 0 Å². The summed E-state index contributed by atoms with van der Waals surface area (Å²) < 4.78 is 1.99. The van der Waals surface area contributed by atoms with E-state index in [0.29, 0.717) is 18.3 Å². The van der Waals surface area contributed by atoms with Crippen molar-refractivity contribution in [2.75, 3.05) is 5.73 Å². The van der Waals surface area contributed by atoms with Crippen molar-refractivity contribution in [2.24, 2.45) is 0 Å². The van der Waals surface area contributed by atoms with Crippen LogP contribution in [0, 0.1) is 0 Å². The predicted molar refractivity (Wildman–Crippen MR) is 120 cm³/mol. The number of nitrogens with zero attached hydrogens (tertiary/aromatic N) is 4. The molecular weight excluding hydrogens is 425 g/mol. The Bertz CT molecular complexity index is 1150. The van der Waals surface area contributed by atoms with Crippen LogP contribution in [-0.2, 0) is 24.1 Å².